The minimum atomic E-state index is -4.14. The quantitative estimate of drug-likeness (QED) is 0.369. The van der Waals surface area contributed by atoms with Crippen LogP contribution in [0.1, 0.15) is 5.56 Å². The van der Waals surface area contributed by atoms with Gasteiger partial charge in [-0.2, -0.15) is 4.72 Å². The van der Waals surface area contributed by atoms with Crippen LogP contribution in [0.3, 0.4) is 0 Å². The van der Waals surface area contributed by atoms with Gasteiger partial charge in [0.2, 0.25) is 26.0 Å². The third-order valence-corrected chi connectivity index (χ3v) is 7.41. The van der Waals surface area contributed by atoms with Gasteiger partial charge in [-0.3, -0.25) is 4.79 Å². The second kappa shape index (κ2) is 10.9. The lowest BCUT2D eigenvalue weighted by atomic mass is 10.1. The van der Waals surface area contributed by atoms with Crippen molar-refractivity contribution in [2.24, 2.45) is 5.14 Å². The average Bonchev–Trinajstić information content (AvgIpc) is 2.83. The smallest absolute Gasteiger partial charge is 0.242 e. The molecule has 0 saturated carbocycles. The van der Waals surface area contributed by atoms with Gasteiger partial charge in [-0.25, -0.2) is 22.0 Å². The number of amides is 1. The maximum Gasteiger partial charge on any atom is 0.242 e. The van der Waals surface area contributed by atoms with Gasteiger partial charge in [0, 0.05) is 11.8 Å². The fourth-order valence-electron chi connectivity index (χ4n) is 3.23. The van der Waals surface area contributed by atoms with Crippen LogP contribution in [0.25, 0.3) is 0 Å². The highest BCUT2D eigenvalue weighted by Crippen LogP contribution is 2.29. The number of anilines is 1. The summed E-state index contributed by atoms with van der Waals surface area (Å²) in [6.45, 7) is 0. The lowest BCUT2D eigenvalue weighted by molar-refractivity contribution is -0.117. The highest BCUT2D eigenvalue weighted by atomic mass is 32.2. The Labute approximate surface area is 204 Å². The van der Waals surface area contributed by atoms with Crippen LogP contribution in [-0.2, 0) is 31.3 Å². The molecule has 0 spiro atoms. The van der Waals surface area contributed by atoms with Gasteiger partial charge >= 0.3 is 0 Å². The van der Waals surface area contributed by atoms with E-state index in [1.54, 1.807) is 30.3 Å². The largest absolute Gasteiger partial charge is 0.493 e. The minimum absolute atomic E-state index is 0.0639. The molecular weight excluding hydrogens is 494 g/mol. The van der Waals surface area contributed by atoms with Gasteiger partial charge < -0.3 is 14.8 Å². The fraction of sp³-hybridized carbons (Fsp3) is 0.174. The molecule has 0 fully saturated rings. The summed E-state index contributed by atoms with van der Waals surface area (Å²) in [5.41, 5.74) is 0.998. The van der Waals surface area contributed by atoms with Crippen molar-refractivity contribution in [3.63, 3.8) is 0 Å². The third-order valence-electron chi connectivity index (χ3n) is 5.01. The summed E-state index contributed by atoms with van der Waals surface area (Å²) in [7, 11) is -5.22. The van der Waals surface area contributed by atoms with Gasteiger partial charge in [0.25, 0.3) is 0 Å². The van der Waals surface area contributed by atoms with Crippen LogP contribution in [0, 0.1) is 0 Å². The molecule has 0 bridgehead atoms. The van der Waals surface area contributed by atoms with Crippen LogP contribution in [0.15, 0.2) is 82.6 Å². The molecule has 1 amide bonds. The molecule has 0 aliphatic heterocycles. The number of hydrogen-bond donors (Lipinski definition) is 3. The maximum absolute atomic E-state index is 13.1. The highest BCUT2D eigenvalue weighted by Gasteiger charge is 2.27. The number of hydrogen-bond acceptors (Lipinski definition) is 7. The molecule has 10 nitrogen and oxygen atoms in total. The van der Waals surface area contributed by atoms with Gasteiger partial charge in [-0.1, -0.05) is 30.3 Å². The molecular formula is C23H25N3O7S2. The number of carbonyl (C=O) groups is 1. The number of benzene rings is 3. The molecule has 3 aromatic carbocycles. The number of carbonyl (C=O) groups excluding carboxylic acids is 1. The zero-order chi connectivity index (χ0) is 25.6. The van der Waals surface area contributed by atoms with Crippen LogP contribution in [-0.4, -0.2) is 43.0 Å². The maximum atomic E-state index is 13.1. The minimum Gasteiger partial charge on any atom is -0.493 e. The predicted octanol–water partition coefficient (Wildman–Crippen LogP) is 1.88. The van der Waals surface area contributed by atoms with Gasteiger partial charge in [0.15, 0.2) is 11.5 Å². The number of nitrogens with two attached hydrogens (primary N) is 1. The van der Waals surface area contributed by atoms with Crippen molar-refractivity contribution in [2.75, 3.05) is 19.5 Å². The first-order valence-corrected chi connectivity index (χ1v) is 13.3. The number of primary sulfonamides is 1. The second-order valence-electron chi connectivity index (χ2n) is 7.44. The summed E-state index contributed by atoms with van der Waals surface area (Å²) in [4.78, 5) is 12.9. The van der Waals surface area contributed by atoms with Gasteiger partial charge in [0.1, 0.15) is 6.04 Å². The molecule has 0 aromatic heterocycles. The Balaban J connectivity index is 1.88. The molecule has 0 heterocycles. The fourth-order valence-corrected chi connectivity index (χ4v) is 4.96. The third kappa shape index (κ3) is 6.79. The van der Waals surface area contributed by atoms with E-state index in [0.29, 0.717) is 5.75 Å². The number of rotatable bonds is 10. The Morgan fingerprint density at radius 1 is 0.857 bits per heavy atom. The Kier molecular flexibility index (Phi) is 8.12. The van der Waals surface area contributed by atoms with E-state index in [-0.39, 0.29) is 27.6 Å². The van der Waals surface area contributed by atoms with Crippen molar-refractivity contribution in [1.82, 2.24) is 4.72 Å². The van der Waals surface area contributed by atoms with Crippen molar-refractivity contribution in [3.05, 3.63) is 78.4 Å². The molecule has 3 rings (SSSR count). The van der Waals surface area contributed by atoms with Crippen molar-refractivity contribution in [3.8, 4) is 11.5 Å². The molecule has 3 aromatic rings. The predicted molar refractivity (Wildman–Crippen MR) is 130 cm³/mol. The summed E-state index contributed by atoms with van der Waals surface area (Å²) in [6.07, 6.45) is 0.0639. The van der Waals surface area contributed by atoms with Crippen LogP contribution >= 0.6 is 0 Å². The SMILES string of the molecule is COc1ccc(S(=O)(=O)NC(Cc2ccccc2)C(=O)Nc2ccc(S(N)(=O)=O)cc2)cc1OC. The van der Waals surface area contributed by atoms with E-state index in [1.165, 1.54) is 56.7 Å². The van der Waals surface area contributed by atoms with E-state index in [4.69, 9.17) is 14.6 Å². The normalized spacial score (nSPS) is 12.5. The van der Waals surface area contributed by atoms with Gasteiger partial charge in [-0.15, -0.1) is 0 Å². The molecule has 0 radical (unpaired) electrons. The first-order valence-electron chi connectivity index (χ1n) is 10.3. The Morgan fingerprint density at radius 2 is 1.46 bits per heavy atom. The van der Waals surface area contributed by atoms with Crippen molar-refractivity contribution in [2.45, 2.75) is 22.3 Å². The standard InChI is InChI=1S/C23H25N3O7S2/c1-32-21-13-12-19(15-22(21)33-2)35(30,31)26-20(14-16-6-4-3-5-7-16)23(27)25-17-8-10-18(11-9-17)34(24,28)29/h3-13,15,20,26H,14H2,1-2H3,(H,25,27)(H2,24,28,29). The first kappa shape index (κ1) is 26.2. The monoisotopic (exact) mass is 519 g/mol. The summed E-state index contributed by atoms with van der Waals surface area (Å²) in [6, 6.07) is 17.0. The zero-order valence-electron chi connectivity index (χ0n) is 19.0. The lowest BCUT2D eigenvalue weighted by Crippen LogP contribution is -2.45. The number of nitrogens with one attached hydrogen (secondary N) is 2. The molecule has 0 aliphatic rings. The van der Waals surface area contributed by atoms with E-state index in [9.17, 15) is 21.6 Å². The van der Waals surface area contributed by atoms with Crippen LogP contribution in [0.5, 0.6) is 11.5 Å². The van der Waals surface area contributed by atoms with Gasteiger partial charge in [-0.05, 0) is 48.4 Å². The molecule has 0 aliphatic carbocycles. The second-order valence-corrected chi connectivity index (χ2v) is 10.7. The lowest BCUT2D eigenvalue weighted by Gasteiger charge is -2.19. The summed E-state index contributed by atoms with van der Waals surface area (Å²) in [5.74, 6) is -0.0661. The Morgan fingerprint density at radius 3 is 2.03 bits per heavy atom. The topological polar surface area (TPSA) is 154 Å². The molecule has 1 atom stereocenters. The zero-order valence-corrected chi connectivity index (χ0v) is 20.6. The van der Waals surface area contributed by atoms with Crippen molar-refractivity contribution in [1.29, 1.82) is 0 Å². The number of methoxy groups -OCH3 is 2. The molecule has 0 saturated heterocycles. The molecule has 1 unspecified atom stereocenters. The van der Waals surface area contributed by atoms with E-state index in [2.05, 4.69) is 10.0 Å². The Bertz CT molecular complexity index is 1390. The number of ether oxygens (including phenoxy) is 2. The molecule has 12 heteroatoms. The van der Waals surface area contributed by atoms with Crippen molar-refractivity contribution >= 4 is 31.6 Å². The summed E-state index contributed by atoms with van der Waals surface area (Å²) >= 11 is 0. The summed E-state index contributed by atoms with van der Waals surface area (Å²) in [5, 5.41) is 7.71. The average molecular weight is 520 g/mol. The van der Waals surface area contributed by atoms with E-state index in [1.807, 2.05) is 0 Å². The summed E-state index contributed by atoms with van der Waals surface area (Å²) < 4.78 is 62.0. The van der Waals surface area contributed by atoms with E-state index in [0.717, 1.165) is 5.56 Å². The molecule has 186 valence electrons. The van der Waals surface area contributed by atoms with Crippen molar-refractivity contribution < 1.29 is 31.1 Å². The van der Waals surface area contributed by atoms with Crippen LogP contribution in [0.4, 0.5) is 5.69 Å². The van der Waals surface area contributed by atoms with Crippen LogP contribution < -0.4 is 24.7 Å². The van der Waals surface area contributed by atoms with E-state index < -0.39 is 32.0 Å². The molecule has 4 N–H and O–H groups in total. The van der Waals surface area contributed by atoms with E-state index >= 15 is 0 Å². The van der Waals surface area contributed by atoms with Crippen LogP contribution in [0.2, 0.25) is 0 Å². The Hall–Kier alpha value is -3.45. The van der Waals surface area contributed by atoms with Gasteiger partial charge in [0.05, 0.1) is 24.0 Å². The molecule has 35 heavy (non-hydrogen) atoms. The first-order chi connectivity index (χ1) is 16.5. The number of sulfonamides is 2. The highest BCUT2D eigenvalue weighted by molar-refractivity contribution is 7.89.